The molecule has 25 heavy (non-hydrogen) atoms. The van der Waals surface area contributed by atoms with Gasteiger partial charge in [-0.15, -0.1) is 17.7 Å². The van der Waals surface area contributed by atoms with E-state index in [9.17, 15) is 19.5 Å². The van der Waals surface area contributed by atoms with Gasteiger partial charge in [0.1, 0.15) is 17.1 Å². The Kier molecular flexibility index (Phi) is 4.81. The highest BCUT2D eigenvalue weighted by atomic mass is 32.2. The maximum absolute atomic E-state index is 12.4. The van der Waals surface area contributed by atoms with Gasteiger partial charge in [0.25, 0.3) is 5.91 Å². The van der Waals surface area contributed by atoms with E-state index in [0.29, 0.717) is 11.3 Å². The predicted molar refractivity (Wildman–Crippen MR) is 93.3 cm³/mol. The van der Waals surface area contributed by atoms with Crippen LogP contribution in [-0.4, -0.2) is 45.0 Å². The molecule has 1 aromatic rings. The summed E-state index contributed by atoms with van der Waals surface area (Å²) in [6.07, 6.45) is 0.177. The van der Waals surface area contributed by atoms with Crippen LogP contribution >= 0.6 is 11.8 Å². The number of fused-ring (bicyclic) bond motifs is 1. The van der Waals surface area contributed by atoms with E-state index in [1.54, 1.807) is 6.92 Å². The van der Waals surface area contributed by atoms with Crippen LogP contribution in [-0.2, 0) is 20.8 Å². The molecule has 2 aliphatic heterocycles. The summed E-state index contributed by atoms with van der Waals surface area (Å²) < 4.78 is 0. The molecular formula is C18H16N2O4S. The molecule has 2 N–H and O–H groups in total. The monoisotopic (exact) mass is 356 g/mol. The number of carboxylic acid groups (broad SMARTS) is 1. The van der Waals surface area contributed by atoms with E-state index in [2.05, 4.69) is 17.2 Å². The molecule has 0 spiro atoms. The number of hydrogen-bond donors (Lipinski definition) is 2. The zero-order valence-corrected chi connectivity index (χ0v) is 14.3. The number of hydrogen-bond acceptors (Lipinski definition) is 4. The number of carbonyl (C=O) groups is 3. The Bertz CT molecular complexity index is 822. The highest BCUT2D eigenvalue weighted by molar-refractivity contribution is 8.00. The molecule has 0 saturated carbocycles. The lowest BCUT2D eigenvalue weighted by Crippen LogP contribution is -2.70. The van der Waals surface area contributed by atoms with Crippen LogP contribution in [0.25, 0.3) is 0 Å². The first-order valence-electron chi connectivity index (χ1n) is 7.70. The topological polar surface area (TPSA) is 86.7 Å². The molecule has 3 rings (SSSR count). The van der Waals surface area contributed by atoms with Gasteiger partial charge in [0.15, 0.2) is 0 Å². The molecule has 2 amide bonds. The largest absolute Gasteiger partial charge is 0.477 e. The molecule has 128 valence electrons. The second kappa shape index (κ2) is 7.03. The van der Waals surface area contributed by atoms with Crippen molar-refractivity contribution < 1.29 is 19.5 Å². The number of carbonyl (C=O) groups excluding carboxylic acids is 2. The molecule has 1 saturated heterocycles. The minimum absolute atomic E-state index is 0.0725. The molecule has 7 heteroatoms. The lowest BCUT2D eigenvalue weighted by Gasteiger charge is -2.49. The van der Waals surface area contributed by atoms with E-state index in [0.717, 1.165) is 5.56 Å². The van der Waals surface area contributed by atoms with Crippen LogP contribution in [0.3, 0.4) is 0 Å². The predicted octanol–water partition coefficient (Wildman–Crippen LogP) is 0.991. The van der Waals surface area contributed by atoms with Gasteiger partial charge >= 0.3 is 5.97 Å². The van der Waals surface area contributed by atoms with Gasteiger partial charge in [-0.05, 0) is 12.5 Å². The lowest BCUT2D eigenvalue weighted by molar-refractivity contribution is -0.150. The summed E-state index contributed by atoms with van der Waals surface area (Å²) in [5, 5.41) is 11.7. The number of aliphatic carboxylic acids is 1. The SMILES string of the molecule is CC#CC1=C(C(=O)O)N2C(=O)C(NC(=O)Cc3ccccc3)[C@@H]2SC1. The van der Waals surface area contributed by atoms with Crippen molar-refractivity contribution in [2.24, 2.45) is 0 Å². The third-order valence-corrected chi connectivity index (χ3v) is 5.25. The van der Waals surface area contributed by atoms with Gasteiger partial charge < -0.3 is 10.4 Å². The van der Waals surface area contributed by atoms with E-state index in [1.807, 2.05) is 30.3 Å². The van der Waals surface area contributed by atoms with Crippen molar-refractivity contribution in [2.75, 3.05) is 5.75 Å². The molecule has 0 bridgehead atoms. The summed E-state index contributed by atoms with van der Waals surface area (Å²) in [6.45, 7) is 1.62. The summed E-state index contributed by atoms with van der Waals surface area (Å²) in [7, 11) is 0. The van der Waals surface area contributed by atoms with Crippen molar-refractivity contribution >= 4 is 29.5 Å². The fourth-order valence-electron chi connectivity index (χ4n) is 2.87. The molecule has 2 heterocycles. The summed E-state index contributed by atoms with van der Waals surface area (Å²) >= 11 is 1.41. The van der Waals surface area contributed by atoms with Crippen molar-refractivity contribution in [1.82, 2.24) is 10.2 Å². The van der Waals surface area contributed by atoms with Crippen LogP contribution in [0.15, 0.2) is 41.6 Å². The van der Waals surface area contributed by atoms with E-state index < -0.39 is 23.3 Å². The minimum Gasteiger partial charge on any atom is -0.477 e. The summed E-state index contributed by atoms with van der Waals surface area (Å²) in [5.41, 5.74) is 1.21. The maximum atomic E-state index is 12.4. The van der Waals surface area contributed by atoms with E-state index >= 15 is 0 Å². The van der Waals surface area contributed by atoms with Gasteiger partial charge in [-0.2, -0.15) is 0 Å². The molecule has 2 atom stereocenters. The average molecular weight is 356 g/mol. The summed E-state index contributed by atoms with van der Waals surface area (Å²) in [6, 6.07) is 8.53. The number of nitrogens with zero attached hydrogens (tertiary/aromatic N) is 1. The molecule has 0 aliphatic carbocycles. The Balaban J connectivity index is 1.72. The second-order valence-corrected chi connectivity index (χ2v) is 6.73. The van der Waals surface area contributed by atoms with Crippen LogP contribution in [0.2, 0.25) is 0 Å². The number of β-lactam (4-membered cyclic amide) rings is 1. The molecular weight excluding hydrogens is 340 g/mol. The van der Waals surface area contributed by atoms with E-state index in [-0.39, 0.29) is 18.0 Å². The Morgan fingerprint density at radius 2 is 2.08 bits per heavy atom. The fraction of sp³-hybridized carbons (Fsp3) is 0.278. The van der Waals surface area contributed by atoms with Gasteiger partial charge in [-0.1, -0.05) is 36.3 Å². The number of carboxylic acids is 1. The van der Waals surface area contributed by atoms with Gasteiger partial charge in [0.2, 0.25) is 5.91 Å². The first-order chi connectivity index (χ1) is 12.0. The van der Waals surface area contributed by atoms with Crippen molar-refractivity contribution in [3.8, 4) is 11.8 Å². The van der Waals surface area contributed by atoms with Crippen molar-refractivity contribution in [2.45, 2.75) is 24.8 Å². The smallest absolute Gasteiger partial charge is 0.353 e. The quantitative estimate of drug-likeness (QED) is 0.621. The molecule has 2 aliphatic rings. The van der Waals surface area contributed by atoms with Gasteiger partial charge in [-0.3, -0.25) is 14.5 Å². The lowest BCUT2D eigenvalue weighted by atomic mass is 10.0. The highest BCUT2D eigenvalue weighted by Gasteiger charge is 2.54. The average Bonchev–Trinajstić information content (AvgIpc) is 2.60. The number of rotatable bonds is 4. The van der Waals surface area contributed by atoms with E-state index in [1.165, 1.54) is 16.7 Å². The maximum Gasteiger partial charge on any atom is 0.353 e. The Morgan fingerprint density at radius 3 is 2.72 bits per heavy atom. The van der Waals surface area contributed by atoms with Gasteiger partial charge in [0.05, 0.1) is 6.42 Å². The zero-order valence-electron chi connectivity index (χ0n) is 13.5. The first kappa shape index (κ1) is 17.1. The second-order valence-electron chi connectivity index (χ2n) is 5.62. The van der Waals surface area contributed by atoms with E-state index in [4.69, 9.17) is 0 Å². The van der Waals surface area contributed by atoms with Crippen molar-refractivity contribution in [3.05, 3.63) is 47.2 Å². The van der Waals surface area contributed by atoms with Gasteiger partial charge in [0, 0.05) is 11.3 Å². The summed E-state index contributed by atoms with van der Waals surface area (Å²) in [5.74, 6) is 3.99. The molecule has 1 aromatic carbocycles. The number of thioether (sulfide) groups is 1. The molecule has 1 unspecified atom stereocenters. The van der Waals surface area contributed by atoms with Crippen LogP contribution in [0, 0.1) is 11.8 Å². The highest BCUT2D eigenvalue weighted by Crippen LogP contribution is 2.40. The number of benzene rings is 1. The molecule has 1 fully saturated rings. The fourth-order valence-corrected chi connectivity index (χ4v) is 4.15. The van der Waals surface area contributed by atoms with Crippen LogP contribution in [0.4, 0.5) is 0 Å². The van der Waals surface area contributed by atoms with Crippen LogP contribution in [0.5, 0.6) is 0 Å². The number of nitrogens with one attached hydrogen (secondary N) is 1. The third kappa shape index (κ3) is 3.26. The summed E-state index contributed by atoms with van der Waals surface area (Å²) in [4.78, 5) is 37.3. The third-order valence-electron chi connectivity index (χ3n) is 3.97. The Hall–Kier alpha value is -2.72. The molecule has 0 radical (unpaired) electrons. The normalized spacial score (nSPS) is 21.6. The molecule has 6 nitrogen and oxygen atoms in total. The van der Waals surface area contributed by atoms with Gasteiger partial charge in [-0.25, -0.2) is 4.79 Å². The van der Waals surface area contributed by atoms with Crippen molar-refractivity contribution in [3.63, 3.8) is 0 Å². The Morgan fingerprint density at radius 1 is 1.36 bits per heavy atom. The van der Waals surface area contributed by atoms with Crippen molar-refractivity contribution in [1.29, 1.82) is 0 Å². The standard InChI is InChI=1S/C18H16N2O4S/c1-2-6-12-10-25-17-14(16(22)20(17)15(12)18(23)24)19-13(21)9-11-7-4-3-5-8-11/h3-5,7-8,14,17H,9-10H2,1H3,(H,19,21)(H,23,24)/t14?,17-/m0/s1. The van der Waals surface area contributed by atoms with Crippen LogP contribution in [0.1, 0.15) is 12.5 Å². The zero-order chi connectivity index (χ0) is 18.0. The number of amides is 2. The van der Waals surface area contributed by atoms with Crippen LogP contribution < -0.4 is 5.32 Å². The molecule has 0 aromatic heterocycles. The first-order valence-corrected chi connectivity index (χ1v) is 8.75. The Labute approximate surface area is 149 Å². The minimum atomic E-state index is -1.18.